The second kappa shape index (κ2) is 9.22. The highest BCUT2D eigenvalue weighted by Crippen LogP contribution is 2.29. The number of hydrogen-bond acceptors (Lipinski definition) is 5. The Labute approximate surface area is 185 Å². The van der Waals surface area contributed by atoms with Crippen LogP contribution in [0, 0.1) is 6.92 Å². The number of nitrogens with one attached hydrogen (secondary N) is 1. The van der Waals surface area contributed by atoms with Crippen molar-refractivity contribution in [2.24, 2.45) is 0 Å². The zero-order valence-corrected chi connectivity index (χ0v) is 18.6. The summed E-state index contributed by atoms with van der Waals surface area (Å²) in [4.78, 5) is 17.1. The summed E-state index contributed by atoms with van der Waals surface area (Å²) in [5.74, 6) is 1.03. The van der Waals surface area contributed by atoms with Gasteiger partial charge in [-0.05, 0) is 54.8 Å². The molecule has 4 rings (SSSR count). The van der Waals surface area contributed by atoms with Gasteiger partial charge in [-0.25, -0.2) is 9.50 Å². The number of anilines is 1. The number of aromatic nitrogens is 3. The summed E-state index contributed by atoms with van der Waals surface area (Å²) in [7, 11) is 1.65. The van der Waals surface area contributed by atoms with Crippen LogP contribution in [-0.4, -0.2) is 33.4 Å². The molecule has 0 bridgehead atoms. The molecule has 1 amide bonds. The fourth-order valence-electron chi connectivity index (χ4n) is 3.29. The number of carbonyl (C=O) groups excluding carboxylic acids is 1. The smallest absolute Gasteiger partial charge is 0.234 e. The maximum Gasteiger partial charge on any atom is 0.234 e. The van der Waals surface area contributed by atoms with Crippen molar-refractivity contribution in [1.29, 1.82) is 0 Å². The lowest BCUT2D eigenvalue weighted by Crippen LogP contribution is -2.14. The molecule has 0 saturated heterocycles. The summed E-state index contributed by atoms with van der Waals surface area (Å²) < 4.78 is 7.04. The van der Waals surface area contributed by atoms with Gasteiger partial charge in [0.25, 0.3) is 0 Å². The van der Waals surface area contributed by atoms with Crippen molar-refractivity contribution in [1.82, 2.24) is 14.6 Å². The summed E-state index contributed by atoms with van der Waals surface area (Å²) >= 11 is 1.44. The zero-order valence-electron chi connectivity index (χ0n) is 17.8. The lowest BCUT2D eigenvalue weighted by atomic mass is 10.1. The van der Waals surface area contributed by atoms with Gasteiger partial charge in [-0.2, -0.15) is 5.10 Å². The van der Waals surface area contributed by atoms with Gasteiger partial charge in [0.2, 0.25) is 5.91 Å². The Hall–Kier alpha value is -3.32. The molecule has 0 spiro atoms. The predicted molar refractivity (Wildman–Crippen MR) is 125 cm³/mol. The average molecular weight is 433 g/mol. The van der Waals surface area contributed by atoms with Gasteiger partial charge in [0.15, 0.2) is 5.65 Å². The molecular formula is C24H24N4O2S. The van der Waals surface area contributed by atoms with Gasteiger partial charge < -0.3 is 10.1 Å². The van der Waals surface area contributed by atoms with E-state index in [1.165, 1.54) is 17.3 Å². The first-order chi connectivity index (χ1) is 15.1. The van der Waals surface area contributed by atoms with E-state index in [1.807, 2.05) is 67.7 Å². The highest BCUT2D eigenvalue weighted by Gasteiger charge is 2.14. The molecule has 0 radical (unpaired) electrons. The monoisotopic (exact) mass is 432 g/mol. The van der Waals surface area contributed by atoms with Gasteiger partial charge in [-0.15, -0.1) is 0 Å². The molecule has 7 heteroatoms. The maximum atomic E-state index is 12.5. The Kier molecular flexibility index (Phi) is 6.23. The molecule has 0 saturated carbocycles. The van der Waals surface area contributed by atoms with E-state index in [1.54, 1.807) is 11.6 Å². The van der Waals surface area contributed by atoms with Crippen molar-refractivity contribution in [3.05, 3.63) is 72.1 Å². The molecule has 0 atom stereocenters. The van der Waals surface area contributed by atoms with Crippen LogP contribution in [0.15, 0.2) is 65.8 Å². The molecule has 1 N–H and O–H groups in total. The second-order valence-electron chi connectivity index (χ2n) is 7.15. The van der Waals surface area contributed by atoms with Crippen LogP contribution >= 0.6 is 11.8 Å². The van der Waals surface area contributed by atoms with Gasteiger partial charge in [0.1, 0.15) is 10.8 Å². The van der Waals surface area contributed by atoms with Gasteiger partial charge in [-0.3, -0.25) is 4.79 Å². The van der Waals surface area contributed by atoms with Crippen LogP contribution in [0.4, 0.5) is 5.69 Å². The topological polar surface area (TPSA) is 68.5 Å². The van der Waals surface area contributed by atoms with Crippen LogP contribution in [0.1, 0.15) is 18.2 Å². The second-order valence-corrected chi connectivity index (χ2v) is 8.14. The third-order valence-electron chi connectivity index (χ3n) is 4.97. The van der Waals surface area contributed by atoms with Crippen LogP contribution in [0.5, 0.6) is 5.75 Å². The van der Waals surface area contributed by atoms with Crippen molar-refractivity contribution in [2.75, 3.05) is 18.2 Å². The zero-order chi connectivity index (χ0) is 21.8. The molecule has 0 unspecified atom stereocenters. The summed E-state index contributed by atoms with van der Waals surface area (Å²) in [5.41, 5.74) is 5.64. The number of thioether (sulfide) groups is 1. The van der Waals surface area contributed by atoms with E-state index in [9.17, 15) is 4.79 Å². The predicted octanol–water partition coefficient (Wildman–Crippen LogP) is 5.01. The van der Waals surface area contributed by atoms with Crippen LogP contribution in [-0.2, 0) is 11.2 Å². The fourth-order valence-corrected chi connectivity index (χ4v) is 4.15. The molecule has 2 aromatic carbocycles. The van der Waals surface area contributed by atoms with Crippen molar-refractivity contribution in [3.63, 3.8) is 0 Å². The first kappa shape index (κ1) is 20.9. The summed E-state index contributed by atoms with van der Waals surface area (Å²) in [6, 6.07) is 17.7. The van der Waals surface area contributed by atoms with Gasteiger partial charge in [0, 0.05) is 16.9 Å². The standard InChI is InChI=1S/C24H24N4O2S/c1-4-17-5-9-19(10-6-17)27-22(29)15-31-23-13-16(2)26-24-21(14-25-28(23)24)18-7-11-20(30-3)12-8-18/h5-14H,4,15H2,1-3H3,(H,27,29). The highest BCUT2D eigenvalue weighted by molar-refractivity contribution is 7.99. The lowest BCUT2D eigenvalue weighted by molar-refractivity contribution is -0.113. The molecule has 0 fully saturated rings. The average Bonchev–Trinajstić information content (AvgIpc) is 3.22. The van der Waals surface area contributed by atoms with Crippen LogP contribution in [0.3, 0.4) is 0 Å². The largest absolute Gasteiger partial charge is 0.497 e. The van der Waals surface area contributed by atoms with E-state index in [4.69, 9.17) is 4.74 Å². The van der Waals surface area contributed by atoms with Crippen LogP contribution < -0.4 is 10.1 Å². The number of amides is 1. The number of fused-ring (bicyclic) bond motifs is 1. The van der Waals surface area contributed by atoms with Crippen LogP contribution in [0.2, 0.25) is 0 Å². The maximum absolute atomic E-state index is 12.5. The number of benzene rings is 2. The number of hydrogen-bond donors (Lipinski definition) is 1. The Morgan fingerprint density at radius 1 is 1.13 bits per heavy atom. The third-order valence-corrected chi connectivity index (χ3v) is 5.96. The Morgan fingerprint density at radius 3 is 2.55 bits per heavy atom. The van der Waals surface area contributed by atoms with Crippen molar-refractivity contribution < 1.29 is 9.53 Å². The Morgan fingerprint density at radius 2 is 1.87 bits per heavy atom. The van der Waals surface area contributed by atoms with E-state index in [-0.39, 0.29) is 11.7 Å². The quantitative estimate of drug-likeness (QED) is 0.329. The van der Waals surface area contributed by atoms with Crippen molar-refractivity contribution >= 4 is 29.0 Å². The van der Waals surface area contributed by atoms with Gasteiger partial charge >= 0.3 is 0 Å². The summed E-state index contributed by atoms with van der Waals surface area (Å²) in [6.45, 7) is 4.06. The van der Waals surface area contributed by atoms with Crippen LogP contribution in [0.25, 0.3) is 16.8 Å². The molecule has 0 aliphatic heterocycles. The molecule has 31 heavy (non-hydrogen) atoms. The SMILES string of the molecule is CCc1ccc(NC(=O)CSc2cc(C)nc3c(-c4ccc(OC)cc4)cnn23)cc1. The Bertz CT molecular complexity index is 1200. The van der Waals surface area contributed by atoms with E-state index in [0.717, 1.165) is 45.4 Å². The van der Waals surface area contributed by atoms with Gasteiger partial charge in [0.05, 0.1) is 19.1 Å². The minimum Gasteiger partial charge on any atom is -0.497 e. The number of rotatable bonds is 7. The number of carbonyl (C=O) groups is 1. The van der Waals surface area contributed by atoms with E-state index >= 15 is 0 Å². The summed E-state index contributed by atoms with van der Waals surface area (Å²) in [5, 5.41) is 8.36. The molecule has 2 heterocycles. The van der Waals surface area contributed by atoms with Crippen molar-refractivity contribution in [2.45, 2.75) is 25.3 Å². The lowest BCUT2D eigenvalue weighted by Gasteiger charge is -2.08. The number of nitrogens with zero attached hydrogens (tertiary/aromatic N) is 3. The minimum absolute atomic E-state index is 0.0561. The fraction of sp³-hybridized carbons (Fsp3) is 0.208. The molecule has 6 nitrogen and oxygen atoms in total. The molecule has 158 valence electrons. The normalized spacial score (nSPS) is 10.9. The molecular weight excluding hydrogens is 408 g/mol. The number of ether oxygens (including phenoxy) is 1. The Balaban J connectivity index is 1.52. The van der Waals surface area contributed by atoms with E-state index in [2.05, 4.69) is 22.3 Å². The van der Waals surface area contributed by atoms with Gasteiger partial charge in [-0.1, -0.05) is 43.0 Å². The highest BCUT2D eigenvalue weighted by atomic mass is 32.2. The first-order valence-electron chi connectivity index (χ1n) is 10.1. The number of aryl methyl sites for hydroxylation is 2. The van der Waals surface area contributed by atoms with E-state index in [0.29, 0.717) is 0 Å². The molecule has 0 aliphatic rings. The first-order valence-corrected chi connectivity index (χ1v) is 11.1. The number of methoxy groups -OCH3 is 1. The molecule has 4 aromatic rings. The third kappa shape index (κ3) is 4.72. The molecule has 2 aromatic heterocycles. The van der Waals surface area contributed by atoms with Crippen molar-refractivity contribution in [3.8, 4) is 16.9 Å². The summed E-state index contributed by atoms with van der Waals surface area (Å²) in [6.07, 6.45) is 2.78. The van der Waals surface area contributed by atoms with E-state index < -0.39 is 0 Å². The minimum atomic E-state index is -0.0561. The molecule has 0 aliphatic carbocycles.